The number of aryl methyl sites for hydroxylation is 2. The number of aromatic nitrogens is 2. The van der Waals surface area contributed by atoms with Crippen molar-refractivity contribution in [3.63, 3.8) is 0 Å². The molecular weight excluding hydrogens is 260 g/mol. The van der Waals surface area contributed by atoms with Crippen molar-refractivity contribution < 1.29 is 0 Å². The zero-order chi connectivity index (χ0) is 15.1. The average molecular weight is 278 g/mol. The molecule has 0 bridgehead atoms. The summed E-state index contributed by atoms with van der Waals surface area (Å²) in [5.74, 6) is 0.653. The minimum atomic E-state index is -0.0893. The molecule has 3 heteroatoms. The lowest BCUT2D eigenvalue weighted by Crippen LogP contribution is -2.11. The van der Waals surface area contributed by atoms with Crippen molar-refractivity contribution in [2.75, 3.05) is 0 Å². The smallest absolute Gasteiger partial charge is 0.259 e. The molecule has 2 aromatic carbocycles. The third-order valence-corrected chi connectivity index (χ3v) is 4.22. The standard InChI is InChI=1S/C18H18N2O/c1-10-9-11(2)13(4)16(12(10)3)17-19-15-8-6-5-7-14(15)18(21)20-17/h5-9H,1-4H3,(H,19,20,21). The Morgan fingerprint density at radius 1 is 0.952 bits per heavy atom. The molecule has 0 saturated carbocycles. The van der Waals surface area contributed by atoms with E-state index < -0.39 is 0 Å². The summed E-state index contributed by atoms with van der Waals surface area (Å²) >= 11 is 0. The Hall–Kier alpha value is -2.42. The molecule has 3 rings (SSSR count). The highest BCUT2D eigenvalue weighted by atomic mass is 16.1. The van der Waals surface area contributed by atoms with Gasteiger partial charge < -0.3 is 4.98 Å². The Balaban J connectivity index is 2.39. The van der Waals surface area contributed by atoms with Crippen LogP contribution >= 0.6 is 0 Å². The molecule has 21 heavy (non-hydrogen) atoms. The number of nitrogens with one attached hydrogen (secondary N) is 1. The van der Waals surface area contributed by atoms with Crippen LogP contribution in [0.4, 0.5) is 0 Å². The number of para-hydroxylation sites is 1. The summed E-state index contributed by atoms with van der Waals surface area (Å²) in [6, 6.07) is 9.60. The number of rotatable bonds is 1. The van der Waals surface area contributed by atoms with Gasteiger partial charge >= 0.3 is 0 Å². The van der Waals surface area contributed by atoms with Gasteiger partial charge in [-0.15, -0.1) is 0 Å². The second-order valence-electron chi connectivity index (χ2n) is 5.57. The molecule has 0 aliphatic carbocycles. The van der Waals surface area contributed by atoms with Gasteiger partial charge in [-0.05, 0) is 62.1 Å². The minimum absolute atomic E-state index is 0.0893. The first kappa shape index (κ1) is 13.6. The molecule has 1 aromatic heterocycles. The topological polar surface area (TPSA) is 45.8 Å². The van der Waals surface area contributed by atoms with Crippen molar-refractivity contribution in [3.8, 4) is 11.4 Å². The molecule has 0 aliphatic rings. The third kappa shape index (κ3) is 2.15. The molecule has 0 radical (unpaired) electrons. The van der Waals surface area contributed by atoms with Crippen molar-refractivity contribution >= 4 is 10.9 Å². The fourth-order valence-corrected chi connectivity index (χ4v) is 2.78. The van der Waals surface area contributed by atoms with Crippen molar-refractivity contribution in [2.24, 2.45) is 0 Å². The van der Waals surface area contributed by atoms with Gasteiger partial charge in [0.15, 0.2) is 0 Å². The van der Waals surface area contributed by atoms with Crippen molar-refractivity contribution in [3.05, 3.63) is 62.9 Å². The van der Waals surface area contributed by atoms with E-state index in [1.807, 2.05) is 18.2 Å². The second-order valence-corrected chi connectivity index (χ2v) is 5.57. The predicted molar refractivity (Wildman–Crippen MR) is 86.7 cm³/mol. The van der Waals surface area contributed by atoms with E-state index in [-0.39, 0.29) is 5.56 Å². The van der Waals surface area contributed by atoms with Crippen LogP contribution in [0.1, 0.15) is 22.3 Å². The van der Waals surface area contributed by atoms with Gasteiger partial charge in [-0.2, -0.15) is 0 Å². The molecule has 0 amide bonds. The summed E-state index contributed by atoms with van der Waals surface area (Å²) in [4.78, 5) is 19.9. The summed E-state index contributed by atoms with van der Waals surface area (Å²) in [7, 11) is 0. The fraction of sp³-hybridized carbons (Fsp3) is 0.222. The summed E-state index contributed by atoms with van der Waals surface area (Å²) in [5.41, 5.74) is 6.43. The van der Waals surface area contributed by atoms with Crippen molar-refractivity contribution in [1.82, 2.24) is 9.97 Å². The maximum absolute atomic E-state index is 12.3. The number of benzene rings is 2. The number of hydrogen-bond acceptors (Lipinski definition) is 2. The van der Waals surface area contributed by atoms with Crippen LogP contribution in [-0.2, 0) is 0 Å². The maximum Gasteiger partial charge on any atom is 0.259 e. The molecular formula is C18H18N2O. The average Bonchev–Trinajstić information content (AvgIpc) is 2.46. The molecule has 0 aliphatic heterocycles. The number of aromatic amines is 1. The molecule has 3 nitrogen and oxygen atoms in total. The van der Waals surface area contributed by atoms with Gasteiger partial charge in [0.05, 0.1) is 10.9 Å². The highest BCUT2D eigenvalue weighted by Gasteiger charge is 2.13. The van der Waals surface area contributed by atoms with Crippen LogP contribution in [0, 0.1) is 27.7 Å². The first-order valence-electron chi connectivity index (χ1n) is 7.06. The molecule has 0 atom stereocenters. The normalized spacial score (nSPS) is 11.0. The number of fused-ring (bicyclic) bond motifs is 1. The van der Waals surface area contributed by atoms with Crippen LogP contribution in [-0.4, -0.2) is 9.97 Å². The lowest BCUT2D eigenvalue weighted by atomic mass is 9.93. The van der Waals surface area contributed by atoms with E-state index >= 15 is 0 Å². The quantitative estimate of drug-likeness (QED) is 0.735. The monoisotopic (exact) mass is 278 g/mol. The van der Waals surface area contributed by atoms with Gasteiger partial charge in [-0.25, -0.2) is 4.98 Å². The molecule has 0 saturated heterocycles. The van der Waals surface area contributed by atoms with Crippen LogP contribution in [0.5, 0.6) is 0 Å². The lowest BCUT2D eigenvalue weighted by Gasteiger charge is -2.14. The highest BCUT2D eigenvalue weighted by Crippen LogP contribution is 2.29. The fourth-order valence-electron chi connectivity index (χ4n) is 2.78. The first-order chi connectivity index (χ1) is 9.99. The van der Waals surface area contributed by atoms with Gasteiger partial charge in [-0.1, -0.05) is 18.2 Å². The maximum atomic E-state index is 12.3. The van der Waals surface area contributed by atoms with Crippen LogP contribution < -0.4 is 5.56 Å². The van der Waals surface area contributed by atoms with Gasteiger partial charge in [-0.3, -0.25) is 4.79 Å². The molecule has 106 valence electrons. The van der Waals surface area contributed by atoms with E-state index in [0.29, 0.717) is 11.2 Å². The Labute approximate surface area is 123 Å². The molecule has 0 fully saturated rings. The van der Waals surface area contributed by atoms with Gasteiger partial charge in [0.25, 0.3) is 5.56 Å². The van der Waals surface area contributed by atoms with Gasteiger partial charge in [0, 0.05) is 5.56 Å². The van der Waals surface area contributed by atoms with E-state index in [4.69, 9.17) is 0 Å². The Morgan fingerprint density at radius 2 is 1.57 bits per heavy atom. The second kappa shape index (κ2) is 4.85. The van der Waals surface area contributed by atoms with Crippen LogP contribution in [0.2, 0.25) is 0 Å². The molecule has 1 heterocycles. The number of hydrogen-bond donors (Lipinski definition) is 1. The summed E-state index contributed by atoms with van der Waals surface area (Å²) < 4.78 is 0. The number of nitrogens with zero attached hydrogens (tertiary/aromatic N) is 1. The highest BCUT2D eigenvalue weighted by molar-refractivity contribution is 5.80. The first-order valence-corrected chi connectivity index (χ1v) is 7.06. The Kier molecular flexibility index (Phi) is 3.13. The van der Waals surface area contributed by atoms with E-state index in [2.05, 4.69) is 43.7 Å². The molecule has 0 unspecified atom stereocenters. The molecule has 3 aromatic rings. The largest absolute Gasteiger partial charge is 0.306 e. The predicted octanol–water partition coefficient (Wildman–Crippen LogP) is 3.82. The molecule has 0 spiro atoms. The van der Waals surface area contributed by atoms with Crippen LogP contribution in [0.3, 0.4) is 0 Å². The van der Waals surface area contributed by atoms with E-state index in [0.717, 1.165) is 22.2 Å². The zero-order valence-corrected chi connectivity index (χ0v) is 12.7. The van der Waals surface area contributed by atoms with E-state index in [9.17, 15) is 4.79 Å². The Bertz CT molecular complexity index is 881. The van der Waals surface area contributed by atoms with Gasteiger partial charge in [0.1, 0.15) is 5.82 Å². The molecule has 1 N–H and O–H groups in total. The summed E-state index contributed by atoms with van der Waals surface area (Å²) in [6.45, 7) is 8.33. The van der Waals surface area contributed by atoms with Crippen molar-refractivity contribution in [2.45, 2.75) is 27.7 Å². The van der Waals surface area contributed by atoms with Gasteiger partial charge in [0.2, 0.25) is 0 Å². The van der Waals surface area contributed by atoms with Crippen LogP contribution in [0.15, 0.2) is 35.1 Å². The summed E-state index contributed by atoms with van der Waals surface area (Å²) in [6.07, 6.45) is 0. The van der Waals surface area contributed by atoms with Crippen molar-refractivity contribution in [1.29, 1.82) is 0 Å². The zero-order valence-electron chi connectivity index (χ0n) is 12.7. The Morgan fingerprint density at radius 3 is 2.24 bits per heavy atom. The van der Waals surface area contributed by atoms with Crippen LogP contribution in [0.25, 0.3) is 22.3 Å². The minimum Gasteiger partial charge on any atom is -0.306 e. The van der Waals surface area contributed by atoms with E-state index in [1.165, 1.54) is 11.1 Å². The third-order valence-electron chi connectivity index (χ3n) is 4.22. The SMILES string of the molecule is Cc1cc(C)c(C)c(-c2nc3ccccc3c(=O)[nH]2)c1C. The number of H-pyrrole nitrogens is 1. The summed E-state index contributed by atoms with van der Waals surface area (Å²) in [5, 5.41) is 0.626. The van der Waals surface area contributed by atoms with E-state index in [1.54, 1.807) is 6.07 Å². The lowest BCUT2D eigenvalue weighted by molar-refractivity contribution is 1.14.